The number of aliphatic hydroxyl groups excluding tert-OH is 1. The van der Waals surface area contributed by atoms with Crippen molar-refractivity contribution in [1.82, 2.24) is 9.80 Å². The highest BCUT2D eigenvalue weighted by molar-refractivity contribution is 7.94. The molecule has 1 aliphatic rings. The summed E-state index contributed by atoms with van der Waals surface area (Å²) >= 11 is 1.10. The van der Waals surface area contributed by atoms with Crippen molar-refractivity contribution >= 4 is 50.2 Å². The highest BCUT2D eigenvalue weighted by Crippen LogP contribution is 2.32. The van der Waals surface area contributed by atoms with Crippen LogP contribution in [0, 0.1) is 5.92 Å². The van der Waals surface area contributed by atoms with E-state index in [2.05, 4.69) is 14.9 Å². The maximum atomic E-state index is 13.8. The molecule has 0 radical (unpaired) electrons. The van der Waals surface area contributed by atoms with Gasteiger partial charge >= 0.3 is 0 Å². The van der Waals surface area contributed by atoms with Crippen molar-refractivity contribution in [2.75, 3.05) is 42.5 Å². The molecule has 1 aromatic heterocycles. The number of nitrogen functional groups attached to an aromatic ring is 1. The average Bonchev–Trinajstić information content (AvgIpc) is 3.61. The lowest BCUT2D eigenvalue weighted by molar-refractivity contribution is 0.0341. The van der Waals surface area contributed by atoms with Gasteiger partial charge in [0.05, 0.1) is 29.6 Å². The smallest absolute Gasteiger partial charge is 0.271 e. The van der Waals surface area contributed by atoms with Crippen LogP contribution in [0.4, 0.5) is 17.1 Å². The second-order valence-electron chi connectivity index (χ2n) is 11.8. The lowest BCUT2D eigenvalue weighted by Gasteiger charge is -2.38. The second kappa shape index (κ2) is 14.6. The number of amides is 2. The largest absolute Gasteiger partial charge is 0.488 e. The van der Waals surface area contributed by atoms with E-state index in [9.17, 15) is 23.1 Å². The molecule has 0 saturated carbocycles. The summed E-state index contributed by atoms with van der Waals surface area (Å²) < 4.78 is 34.9. The van der Waals surface area contributed by atoms with Crippen LogP contribution < -0.4 is 20.5 Å². The van der Waals surface area contributed by atoms with Gasteiger partial charge in [0.2, 0.25) is 0 Å². The van der Waals surface area contributed by atoms with Gasteiger partial charge in [0.15, 0.2) is 0 Å². The molecule has 2 heterocycles. The summed E-state index contributed by atoms with van der Waals surface area (Å²) in [5.74, 6) is -0.367. The van der Waals surface area contributed by atoms with E-state index in [1.807, 2.05) is 26.1 Å². The molecule has 11 nitrogen and oxygen atoms in total. The topological polar surface area (TPSA) is 154 Å². The van der Waals surface area contributed by atoms with E-state index in [0.29, 0.717) is 42.3 Å². The maximum Gasteiger partial charge on any atom is 0.271 e. The lowest BCUT2D eigenvalue weighted by atomic mass is 9.99. The van der Waals surface area contributed by atoms with Crippen LogP contribution in [0.3, 0.4) is 0 Å². The Balaban J connectivity index is 1.31. The van der Waals surface area contributed by atoms with Crippen LogP contribution in [0.25, 0.3) is 0 Å². The Labute approximate surface area is 279 Å². The Morgan fingerprint density at radius 1 is 1.13 bits per heavy atom. The Morgan fingerprint density at radius 3 is 2.55 bits per heavy atom. The van der Waals surface area contributed by atoms with Crippen LogP contribution in [0.15, 0.2) is 88.5 Å². The molecule has 0 fully saturated rings. The number of nitrogens with one attached hydrogen (secondary N) is 2. The first-order chi connectivity index (χ1) is 22.4. The fraction of sp³-hybridized carbons (Fsp3) is 0.294. The van der Waals surface area contributed by atoms with Gasteiger partial charge in [-0.2, -0.15) is 0 Å². The predicted octanol–water partition coefficient (Wildman–Crippen LogP) is 4.74. The van der Waals surface area contributed by atoms with E-state index >= 15 is 0 Å². The van der Waals surface area contributed by atoms with Crippen molar-refractivity contribution < 1.29 is 27.9 Å². The Kier molecular flexibility index (Phi) is 10.5. The molecular weight excluding hydrogens is 639 g/mol. The number of nitrogens with zero attached hydrogens (tertiary/aromatic N) is 2. The van der Waals surface area contributed by atoms with Crippen LogP contribution in [-0.4, -0.2) is 74.0 Å². The number of aliphatic hydroxyl groups is 1. The van der Waals surface area contributed by atoms with Crippen LogP contribution in [0.2, 0.25) is 0 Å². The number of sulfonamides is 1. The van der Waals surface area contributed by atoms with E-state index in [1.165, 1.54) is 12.1 Å². The molecule has 0 bridgehead atoms. The molecule has 3 atom stereocenters. The van der Waals surface area contributed by atoms with Gasteiger partial charge in [-0.1, -0.05) is 37.3 Å². The van der Waals surface area contributed by atoms with Gasteiger partial charge in [-0.25, -0.2) is 8.42 Å². The summed E-state index contributed by atoms with van der Waals surface area (Å²) in [5, 5.41) is 14.5. The molecule has 47 heavy (non-hydrogen) atoms. The standard InChI is InChI=1S/C34H39N5O6S2/c1-22-18-39(23(2)21-40)34(42)27-17-26(37-47(43,44)32-9-6-16-46-32)14-15-30(27)45-31(22)20-38(3)19-24-10-12-25(13-11-24)33(41)36-29-8-5-4-7-28(29)35/h4-17,22-23,31,37,40H,18-21,35H2,1-3H3,(H,36,41)/t22-,23+,31-/m0/s1. The van der Waals surface area contributed by atoms with E-state index in [4.69, 9.17) is 10.5 Å². The van der Waals surface area contributed by atoms with Crippen LogP contribution >= 0.6 is 11.3 Å². The third-order valence-electron chi connectivity index (χ3n) is 8.05. The van der Waals surface area contributed by atoms with Crippen molar-refractivity contribution in [3.63, 3.8) is 0 Å². The summed E-state index contributed by atoms with van der Waals surface area (Å²) in [6.45, 7) is 4.97. The first-order valence-electron chi connectivity index (χ1n) is 15.2. The number of ether oxygens (including phenoxy) is 1. The number of hydrogen-bond donors (Lipinski definition) is 4. The maximum absolute atomic E-state index is 13.8. The molecule has 0 spiro atoms. The molecule has 1 aliphatic heterocycles. The number of benzene rings is 3. The van der Waals surface area contributed by atoms with Gasteiger partial charge in [-0.05, 0) is 73.4 Å². The van der Waals surface area contributed by atoms with Crippen LogP contribution in [0.5, 0.6) is 5.75 Å². The van der Waals surface area contributed by atoms with Crippen molar-refractivity contribution in [3.05, 3.63) is 101 Å². The monoisotopic (exact) mass is 677 g/mol. The van der Waals surface area contributed by atoms with Crippen molar-refractivity contribution in [2.24, 2.45) is 5.92 Å². The summed E-state index contributed by atoms with van der Waals surface area (Å²) in [4.78, 5) is 30.2. The van der Waals surface area contributed by atoms with Gasteiger partial charge in [-0.3, -0.25) is 19.2 Å². The first kappa shape index (κ1) is 33.9. The molecular formula is C34H39N5O6S2. The molecule has 2 amide bonds. The molecule has 0 unspecified atom stereocenters. The van der Waals surface area contributed by atoms with E-state index in [0.717, 1.165) is 16.9 Å². The highest BCUT2D eigenvalue weighted by Gasteiger charge is 2.34. The number of nitrogens with two attached hydrogens (primary N) is 1. The summed E-state index contributed by atoms with van der Waals surface area (Å²) in [5.41, 5.74) is 8.95. The predicted molar refractivity (Wildman–Crippen MR) is 184 cm³/mol. The molecule has 0 aliphatic carbocycles. The van der Waals surface area contributed by atoms with Gasteiger partial charge in [-0.15, -0.1) is 11.3 Å². The number of likely N-dealkylation sites (N-methyl/N-ethyl adjacent to an activating group) is 1. The number of thiophene rings is 1. The number of hydrogen-bond acceptors (Lipinski definition) is 9. The summed E-state index contributed by atoms with van der Waals surface area (Å²) in [6, 6.07) is 21.8. The van der Waals surface area contributed by atoms with Crippen molar-refractivity contribution in [1.29, 1.82) is 0 Å². The highest BCUT2D eigenvalue weighted by atomic mass is 32.2. The summed E-state index contributed by atoms with van der Waals surface area (Å²) in [6.07, 6.45) is -0.338. The number of rotatable bonds is 11. The SMILES string of the molecule is C[C@H](CO)N1C[C@H](C)[C@H](CN(C)Cc2ccc(C(=O)Nc3ccccc3N)cc2)Oc2ccc(NS(=O)(=O)c3cccs3)cc2C1=O. The number of anilines is 3. The minimum absolute atomic E-state index is 0.1000. The third kappa shape index (κ3) is 8.11. The molecule has 0 saturated heterocycles. The summed E-state index contributed by atoms with van der Waals surface area (Å²) in [7, 11) is -1.86. The average molecular weight is 678 g/mol. The molecule has 5 N–H and O–H groups in total. The van der Waals surface area contributed by atoms with Crippen LogP contribution in [0.1, 0.15) is 40.1 Å². The Bertz CT molecular complexity index is 1810. The number of para-hydroxylation sites is 2. The van der Waals surface area contributed by atoms with Gasteiger partial charge in [0.25, 0.3) is 21.8 Å². The molecule has 4 aromatic rings. The van der Waals surface area contributed by atoms with E-state index < -0.39 is 16.1 Å². The third-order valence-corrected chi connectivity index (χ3v) is 10.8. The minimum Gasteiger partial charge on any atom is -0.488 e. The zero-order valence-corrected chi connectivity index (χ0v) is 28.1. The molecule has 248 valence electrons. The zero-order valence-electron chi connectivity index (χ0n) is 26.4. The Morgan fingerprint density at radius 2 is 1.87 bits per heavy atom. The van der Waals surface area contributed by atoms with Gasteiger partial charge < -0.3 is 25.8 Å². The van der Waals surface area contributed by atoms with Gasteiger partial charge in [0.1, 0.15) is 16.1 Å². The van der Waals surface area contributed by atoms with E-state index in [-0.39, 0.29) is 45.9 Å². The molecule has 5 rings (SSSR count). The van der Waals surface area contributed by atoms with Crippen molar-refractivity contribution in [3.8, 4) is 5.75 Å². The fourth-order valence-electron chi connectivity index (χ4n) is 5.38. The normalized spacial score (nSPS) is 17.3. The number of fused-ring (bicyclic) bond motifs is 1. The minimum atomic E-state index is -3.82. The zero-order chi connectivity index (χ0) is 33.7. The van der Waals surface area contributed by atoms with Gasteiger partial charge in [0, 0.05) is 36.8 Å². The molecule has 3 aromatic carbocycles. The van der Waals surface area contributed by atoms with Crippen LogP contribution in [-0.2, 0) is 16.6 Å². The number of carbonyl (C=O) groups is 2. The molecule has 13 heteroatoms. The fourth-order valence-corrected chi connectivity index (χ4v) is 7.42. The quantitative estimate of drug-likeness (QED) is 0.166. The van der Waals surface area contributed by atoms with Crippen molar-refractivity contribution in [2.45, 2.75) is 36.7 Å². The lowest BCUT2D eigenvalue weighted by Crippen LogP contribution is -2.49. The second-order valence-corrected chi connectivity index (χ2v) is 14.7. The Hall–Kier alpha value is -4.43. The first-order valence-corrected chi connectivity index (χ1v) is 17.5. The number of carbonyl (C=O) groups excluding carboxylic acids is 2. The van der Waals surface area contributed by atoms with E-state index in [1.54, 1.807) is 71.8 Å².